The lowest BCUT2D eigenvalue weighted by atomic mass is 10.2. The van der Waals surface area contributed by atoms with Crippen LogP contribution in [0.4, 0.5) is 0 Å². The molecule has 0 unspecified atom stereocenters. The van der Waals surface area contributed by atoms with Crippen LogP contribution < -0.4 is 19.9 Å². The number of carboxylic acid groups (broad SMARTS) is 1. The molecule has 0 bridgehead atoms. The zero-order chi connectivity index (χ0) is 18.2. The molecule has 0 saturated heterocycles. The Labute approximate surface area is 149 Å². The summed E-state index contributed by atoms with van der Waals surface area (Å²) in [5.41, 5.74) is 1.78. The average molecular weight is 363 g/mol. The summed E-state index contributed by atoms with van der Waals surface area (Å²) in [4.78, 5) is 26.3. The van der Waals surface area contributed by atoms with Gasteiger partial charge in [0.1, 0.15) is 5.01 Å². The van der Waals surface area contributed by atoms with Crippen molar-refractivity contribution in [2.45, 2.75) is 19.3 Å². The van der Waals surface area contributed by atoms with Gasteiger partial charge in [0.25, 0.3) is 0 Å². The summed E-state index contributed by atoms with van der Waals surface area (Å²) in [6, 6.07) is 5.60. The van der Waals surface area contributed by atoms with E-state index in [0.29, 0.717) is 24.5 Å². The Morgan fingerprint density at radius 2 is 1.96 bits per heavy atom. The molecule has 0 atom stereocenters. The molecule has 0 fully saturated rings. The second-order valence-electron chi connectivity index (χ2n) is 5.19. The molecule has 2 aromatic rings. The van der Waals surface area contributed by atoms with Crippen LogP contribution in [0, 0.1) is 0 Å². The number of hydrogen-bond acceptors (Lipinski definition) is 7. The Morgan fingerprint density at radius 1 is 1.20 bits per heavy atom. The monoisotopic (exact) mass is 363 g/mol. The maximum atomic E-state index is 11.4. The summed E-state index contributed by atoms with van der Waals surface area (Å²) in [6.07, 6.45) is 0.225. The van der Waals surface area contributed by atoms with Crippen molar-refractivity contribution in [3.05, 3.63) is 29.3 Å². The highest BCUT2D eigenvalue weighted by atomic mass is 32.1. The zero-order valence-electron chi connectivity index (χ0n) is 14.0. The Kier molecular flexibility index (Phi) is 6.76. The molecular formula is C17H19N2O5S-. The highest BCUT2D eigenvalue weighted by molar-refractivity contribution is 7.13. The molecular weight excluding hydrogens is 344 g/mol. The van der Waals surface area contributed by atoms with E-state index in [9.17, 15) is 14.7 Å². The normalized spacial score (nSPS) is 10.3. The maximum Gasteiger partial charge on any atom is 0.220 e. The lowest BCUT2D eigenvalue weighted by Gasteiger charge is -2.08. The summed E-state index contributed by atoms with van der Waals surface area (Å²) >= 11 is 1.50. The van der Waals surface area contributed by atoms with Gasteiger partial charge in [-0.2, -0.15) is 0 Å². The first-order valence-electron chi connectivity index (χ1n) is 7.67. The molecule has 1 aromatic heterocycles. The molecule has 0 saturated carbocycles. The highest BCUT2D eigenvalue weighted by Gasteiger charge is 2.10. The van der Waals surface area contributed by atoms with Gasteiger partial charge in [-0.25, -0.2) is 4.98 Å². The van der Waals surface area contributed by atoms with Crippen LogP contribution in [0.5, 0.6) is 11.5 Å². The van der Waals surface area contributed by atoms with Crippen LogP contribution in [0.2, 0.25) is 0 Å². The molecule has 1 heterocycles. The molecule has 0 radical (unpaired) electrons. The lowest BCUT2D eigenvalue weighted by Crippen LogP contribution is -2.29. The van der Waals surface area contributed by atoms with E-state index < -0.39 is 5.97 Å². The number of nitrogens with one attached hydrogen (secondary N) is 1. The minimum atomic E-state index is -1.23. The van der Waals surface area contributed by atoms with Gasteiger partial charge in [0.2, 0.25) is 5.91 Å². The van der Waals surface area contributed by atoms with E-state index in [0.717, 1.165) is 16.3 Å². The van der Waals surface area contributed by atoms with Crippen molar-refractivity contribution in [3.8, 4) is 22.1 Å². The molecule has 1 N–H and O–H groups in total. The van der Waals surface area contributed by atoms with Gasteiger partial charge in [-0.05, 0) is 24.6 Å². The van der Waals surface area contributed by atoms with Crippen LogP contribution in [0.1, 0.15) is 18.5 Å². The van der Waals surface area contributed by atoms with Gasteiger partial charge in [0.05, 0.1) is 19.9 Å². The van der Waals surface area contributed by atoms with E-state index in [1.54, 1.807) is 14.2 Å². The summed E-state index contributed by atoms with van der Waals surface area (Å²) in [6.45, 7) is 0.404. The van der Waals surface area contributed by atoms with Gasteiger partial charge in [-0.1, -0.05) is 0 Å². The summed E-state index contributed by atoms with van der Waals surface area (Å²) < 4.78 is 10.5. The molecule has 2 rings (SSSR count). The predicted octanol–water partition coefficient (Wildman–Crippen LogP) is 1.02. The van der Waals surface area contributed by atoms with E-state index in [-0.39, 0.29) is 18.7 Å². The van der Waals surface area contributed by atoms with Gasteiger partial charge in [-0.3, -0.25) is 4.79 Å². The highest BCUT2D eigenvalue weighted by Crippen LogP contribution is 2.33. The number of carbonyl (C=O) groups is 2. The SMILES string of the molecule is COc1ccc(-c2nc(CCNC(=O)CCC(=O)[O-])cs2)cc1OC. The van der Waals surface area contributed by atoms with Crippen LogP contribution in [0.25, 0.3) is 10.6 Å². The average Bonchev–Trinajstić information content (AvgIpc) is 3.08. The smallest absolute Gasteiger partial charge is 0.220 e. The van der Waals surface area contributed by atoms with Crippen molar-refractivity contribution in [3.63, 3.8) is 0 Å². The second kappa shape index (κ2) is 9.03. The molecule has 0 spiro atoms. The fourth-order valence-corrected chi connectivity index (χ4v) is 3.01. The number of aromatic nitrogens is 1. The second-order valence-corrected chi connectivity index (χ2v) is 6.04. The molecule has 1 aromatic carbocycles. The van der Waals surface area contributed by atoms with Crippen molar-refractivity contribution < 1.29 is 24.2 Å². The van der Waals surface area contributed by atoms with E-state index in [2.05, 4.69) is 10.3 Å². The van der Waals surface area contributed by atoms with Crippen molar-refractivity contribution in [1.29, 1.82) is 0 Å². The third-order valence-electron chi connectivity index (χ3n) is 3.44. The molecule has 1 amide bonds. The standard InChI is InChI=1S/C17H20N2O5S/c1-23-13-4-3-11(9-14(13)24-2)17-19-12(10-25-17)7-8-18-15(20)5-6-16(21)22/h3-4,9-10H,5-8H2,1-2H3,(H,18,20)(H,21,22)/p-1. The first-order chi connectivity index (χ1) is 12.0. The quantitative estimate of drug-likeness (QED) is 0.714. The third-order valence-corrected chi connectivity index (χ3v) is 4.38. The van der Waals surface area contributed by atoms with E-state index >= 15 is 0 Å². The summed E-state index contributed by atoms with van der Waals surface area (Å²) in [5.74, 6) is -0.243. The fourth-order valence-electron chi connectivity index (χ4n) is 2.16. The number of nitrogens with zero attached hydrogens (tertiary/aromatic N) is 1. The summed E-state index contributed by atoms with van der Waals surface area (Å²) in [5, 5.41) is 15.7. The van der Waals surface area contributed by atoms with Crippen molar-refractivity contribution >= 4 is 23.2 Å². The first kappa shape index (κ1) is 18.7. The Bertz CT molecular complexity index is 744. The van der Waals surface area contributed by atoms with Crippen LogP contribution in [0.15, 0.2) is 23.6 Å². The fraction of sp³-hybridized carbons (Fsp3) is 0.353. The molecule has 0 aliphatic carbocycles. The van der Waals surface area contributed by atoms with Gasteiger partial charge < -0.3 is 24.7 Å². The first-order valence-corrected chi connectivity index (χ1v) is 8.54. The third kappa shape index (κ3) is 5.46. The number of ether oxygens (including phenoxy) is 2. The minimum absolute atomic E-state index is 0.0731. The number of thiazole rings is 1. The number of hydrogen-bond donors (Lipinski definition) is 1. The maximum absolute atomic E-state index is 11.4. The van der Waals surface area contributed by atoms with Gasteiger partial charge >= 0.3 is 0 Å². The van der Waals surface area contributed by atoms with Gasteiger partial charge in [0, 0.05) is 36.3 Å². The zero-order valence-corrected chi connectivity index (χ0v) is 14.9. The van der Waals surface area contributed by atoms with E-state index in [1.165, 1.54) is 11.3 Å². The molecule has 7 nitrogen and oxygen atoms in total. The Balaban J connectivity index is 1.92. The number of amides is 1. The molecule has 0 aliphatic rings. The molecule has 0 aliphatic heterocycles. The van der Waals surface area contributed by atoms with Gasteiger partial charge in [0.15, 0.2) is 11.5 Å². The lowest BCUT2D eigenvalue weighted by molar-refractivity contribution is -0.305. The van der Waals surface area contributed by atoms with Crippen LogP contribution in [-0.2, 0) is 16.0 Å². The van der Waals surface area contributed by atoms with E-state index in [1.807, 2.05) is 23.6 Å². The van der Waals surface area contributed by atoms with Crippen molar-refractivity contribution in [1.82, 2.24) is 10.3 Å². The topological polar surface area (TPSA) is 101 Å². The molecule has 8 heteroatoms. The van der Waals surface area contributed by atoms with E-state index in [4.69, 9.17) is 9.47 Å². The number of carbonyl (C=O) groups excluding carboxylic acids is 2. The number of carboxylic acids is 1. The number of aliphatic carboxylic acids is 1. The minimum Gasteiger partial charge on any atom is -0.550 e. The molecule has 25 heavy (non-hydrogen) atoms. The van der Waals surface area contributed by atoms with Crippen LogP contribution in [0.3, 0.4) is 0 Å². The van der Waals surface area contributed by atoms with Crippen LogP contribution in [-0.4, -0.2) is 37.6 Å². The number of benzene rings is 1. The Hall–Kier alpha value is -2.61. The van der Waals surface area contributed by atoms with Crippen LogP contribution >= 0.6 is 11.3 Å². The van der Waals surface area contributed by atoms with Gasteiger partial charge in [-0.15, -0.1) is 11.3 Å². The largest absolute Gasteiger partial charge is 0.550 e. The number of methoxy groups -OCH3 is 2. The summed E-state index contributed by atoms with van der Waals surface area (Å²) in [7, 11) is 3.16. The number of rotatable bonds is 9. The molecule has 134 valence electrons. The predicted molar refractivity (Wildman–Crippen MR) is 91.6 cm³/mol. The van der Waals surface area contributed by atoms with Crippen molar-refractivity contribution in [2.75, 3.05) is 20.8 Å². The van der Waals surface area contributed by atoms with Crippen molar-refractivity contribution in [2.24, 2.45) is 0 Å². The Morgan fingerprint density at radius 3 is 2.64 bits per heavy atom.